The summed E-state index contributed by atoms with van der Waals surface area (Å²) in [6.45, 7) is 8.47. The second kappa shape index (κ2) is 6.24. The Morgan fingerprint density at radius 1 is 1.39 bits per heavy atom. The lowest BCUT2D eigenvalue weighted by Crippen LogP contribution is -2.20. The lowest BCUT2D eigenvalue weighted by atomic mass is 10.0. The van der Waals surface area contributed by atoms with Crippen LogP contribution >= 0.6 is 0 Å². The minimum Gasteiger partial charge on any atom is -0.493 e. The first-order chi connectivity index (χ1) is 8.70. The predicted molar refractivity (Wildman–Crippen MR) is 76.1 cm³/mol. The zero-order valence-corrected chi connectivity index (χ0v) is 11.8. The van der Waals surface area contributed by atoms with Crippen molar-refractivity contribution in [2.24, 2.45) is 5.92 Å². The summed E-state index contributed by atoms with van der Waals surface area (Å²) in [7, 11) is 0. The molecule has 1 unspecified atom stereocenters. The molecule has 2 heteroatoms. The van der Waals surface area contributed by atoms with Gasteiger partial charge in [-0.25, -0.2) is 0 Å². The molecule has 1 aromatic carbocycles. The van der Waals surface area contributed by atoms with Gasteiger partial charge in [-0.05, 0) is 57.2 Å². The van der Waals surface area contributed by atoms with Gasteiger partial charge in [-0.15, -0.1) is 0 Å². The largest absolute Gasteiger partial charge is 0.493 e. The van der Waals surface area contributed by atoms with Gasteiger partial charge in [0.1, 0.15) is 5.75 Å². The summed E-state index contributed by atoms with van der Waals surface area (Å²) in [6.07, 6.45) is 3.84. The fourth-order valence-electron chi connectivity index (χ4n) is 2.09. The van der Waals surface area contributed by atoms with E-state index in [4.69, 9.17) is 4.74 Å². The van der Waals surface area contributed by atoms with Crippen LogP contribution in [0.4, 0.5) is 0 Å². The van der Waals surface area contributed by atoms with Gasteiger partial charge >= 0.3 is 0 Å². The summed E-state index contributed by atoms with van der Waals surface area (Å²) in [6, 6.07) is 6.90. The van der Waals surface area contributed by atoms with Gasteiger partial charge in [0, 0.05) is 11.6 Å². The molecule has 0 aliphatic heterocycles. The molecule has 18 heavy (non-hydrogen) atoms. The average Bonchev–Trinajstić information content (AvgIpc) is 3.17. The molecule has 1 fully saturated rings. The summed E-state index contributed by atoms with van der Waals surface area (Å²) in [5.41, 5.74) is 2.56. The van der Waals surface area contributed by atoms with E-state index in [1.807, 2.05) is 0 Å². The lowest BCUT2D eigenvalue weighted by Gasteiger charge is -2.18. The molecular formula is C16H25NO. The molecule has 0 heterocycles. The number of ether oxygens (including phenoxy) is 1. The normalized spacial score (nSPS) is 16.6. The molecule has 1 aromatic rings. The maximum atomic E-state index is 6.00. The van der Waals surface area contributed by atoms with E-state index in [1.165, 1.54) is 24.0 Å². The van der Waals surface area contributed by atoms with E-state index >= 15 is 0 Å². The second-order valence-corrected chi connectivity index (χ2v) is 5.47. The Labute approximate surface area is 111 Å². The first-order valence-corrected chi connectivity index (χ1v) is 7.17. The van der Waals surface area contributed by atoms with Gasteiger partial charge in [0.2, 0.25) is 0 Å². The van der Waals surface area contributed by atoms with Crippen molar-refractivity contribution in [2.45, 2.75) is 46.1 Å². The first-order valence-electron chi connectivity index (χ1n) is 7.17. The van der Waals surface area contributed by atoms with Crippen LogP contribution in [0, 0.1) is 12.8 Å². The monoisotopic (exact) mass is 247 g/mol. The van der Waals surface area contributed by atoms with Crippen LogP contribution in [-0.2, 0) is 0 Å². The maximum Gasteiger partial charge on any atom is 0.124 e. The molecule has 0 amide bonds. The molecule has 2 rings (SSSR count). The lowest BCUT2D eigenvalue weighted by molar-refractivity contribution is 0.294. The van der Waals surface area contributed by atoms with Crippen LogP contribution in [0.3, 0.4) is 0 Å². The third kappa shape index (κ3) is 3.74. The number of hydrogen-bond donors (Lipinski definition) is 1. The minimum atomic E-state index is 0.361. The molecule has 0 aromatic heterocycles. The van der Waals surface area contributed by atoms with Gasteiger partial charge in [-0.3, -0.25) is 0 Å². The highest BCUT2D eigenvalue weighted by molar-refractivity contribution is 5.39. The number of benzene rings is 1. The number of rotatable bonds is 7. The second-order valence-electron chi connectivity index (χ2n) is 5.47. The van der Waals surface area contributed by atoms with Gasteiger partial charge in [0.25, 0.3) is 0 Å². The molecule has 0 radical (unpaired) electrons. The van der Waals surface area contributed by atoms with Gasteiger partial charge in [-0.1, -0.05) is 19.1 Å². The van der Waals surface area contributed by atoms with E-state index in [1.54, 1.807) is 0 Å². The molecule has 0 saturated heterocycles. The number of nitrogens with one attached hydrogen (secondary N) is 1. The Morgan fingerprint density at radius 2 is 2.17 bits per heavy atom. The van der Waals surface area contributed by atoms with Crippen LogP contribution in [0.15, 0.2) is 18.2 Å². The van der Waals surface area contributed by atoms with E-state index in [-0.39, 0.29) is 0 Å². The van der Waals surface area contributed by atoms with Crippen molar-refractivity contribution < 1.29 is 4.74 Å². The zero-order chi connectivity index (χ0) is 13.0. The molecule has 1 aliphatic carbocycles. The molecule has 1 atom stereocenters. The SMILES string of the molecule is CCCNC(C)c1ccc(C)cc1OCC1CC1. The van der Waals surface area contributed by atoms with Crippen molar-refractivity contribution in [3.63, 3.8) is 0 Å². The minimum absolute atomic E-state index is 0.361. The third-order valence-corrected chi connectivity index (χ3v) is 3.51. The van der Waals surface area contributed by atoms with E-state index in [0.29, 0.717) is 6.04 Å². The standard InChI is InChI=1S/C16H25NO/c1-4-9-17-13(3)15-8-5-12(2)10-16(15)18-11-14-6-7-14/h5,8,10,13-14,17H,4,6-7,9,11H2,1-3H3. The predicted octanol–water partition coefficient (Wildman–Crippen LogP) is 3.84. The Bertz CT molecular complexity index is 385. The quantitative estimate of drug-likeness (QED) is 0.790. The van der Waals surface area contributed by atoms with Crippen molar-refractivity contribution >= 4 is 0 Å². The van der Waals surface area contributed by atoms with E-state index < -0.39 is 0 Å². The number of hydrogen-bond acceptors (Lipinski definition) is 2. The summed E-state index contributed by atoms with van der Waals surface area (Å²) < 4.78 is 6.00. The smallest absolute Gasteiger partial charge is 0.124 e. The van der Waals surface area contributed by atoms with Crippen molar-refractivity contribution in [3.8, 4) is 5.75 Å². The van der Waals surface area contributed by atoms with Crippen LogP contribution in [0.1, 0.15) is 50.3 Å². The maximum absolute atomic E-state index is 6.00. The summed E-state index contributed by atoms with van der Waals surface area (Å²) in [5, 5.41) is 3.53. The van der Waals surface area contributed by atoms with E-state index in [2.05, 4.69) is 44.3 Å². The van der Waals surface area contributed by atoms with Gasteiger partial charge in [0.15, 0.2) is 0 Å². The Balaban J connectivity index is 2.05. The Hall–Kier alpha value is -1.02. The van der Waals surface area contributed by atoms with Crippen LogP contribution < -0.4 is 10.1 Å². The molecule has 1 saturated carbocycles. The highest BCUT2D eigenvalue weighted by atomic mass is 16.5. The fraction of sp³-hybridized carbons (Fsp3) is 0.625. The van der Waals surface area contributed by atoms with Crippen molar-refractivity contribution in [2.75, 3.05) is 13.2 Å². The summed E-state index contributed by atoms with van der Waals surface area (Å²) in [5.74, 6) is 1.87. The van der Waals surface area contributed by atoms with Crippen molar-refractivity contribution in [3.05, 3.63) is 29.3 Å². The van der Waals surface area contributed by atoms with Crippen LogP contribution in [0.5, 0.6) is 5.75 Å². The highest BCUT2D eigenvalue weighted by Crippen LogP contribution is 2.32. The highest BCUT2D eigenvalue weighted by Gasteiger charge is 2.22. The fourth-order valence-corrected chi connectivity index (χ4v) is 2.09. The number of aryl methyl sites for hydroxylation is 1. The van der Waals surface area contributed by atoms with Crippen molar-refractivity contribution in [1.82, 2.24) is 5.32 Å². The molecule has 1 N–H and O–H groups in total. The van der Waals surface area contributed by atoms with Crippen LogP contribution in [0.2, 0.25) is 0 Å². The first kappa shape index (κ1) is 13.4. The third-order valence-electron chi connectivity index (χ3n) is 3.51. The molecule has 100 valence electrons. The average molecular weight is 247 g/mol. The van der Waals surface area contributed by atoms with E-state index in [9.17, 15) is 0 Å². The Morgan fingerprint density at radius 3 is 2.83 bits per heavy atom. The zero-order valence-electron chi connectivity index (χ0n) is 11.8. The van der Waals surface area contributed by atoms with Crippen molar-refractivity contribution in [1.29, 1.82) is 0 Å². The summed E-state index contributed by atoms with van der Waals surface area (Å²) >= 11 is 0. The van der Waals surface area contributed by atoms with Gasteiger partial charge < -0.3 is 10.1 Å². The van der Waals surface area contributed by atoms with Gasteiger partial charge in [0.05, 0.1) is 6.61 Å². The van der Waals surface area contributed by atoms with E-state index in [0.717, 1.165) is 31.2 Å². The molecule has 0 bridgehead atoms. The molecular weight excluding hydrogens is 222 g/mol. The van der Waals surface area contributed by atoms with Crippen LogP contribution in [0.25, 0.3) is 0 Å². The summed E-state index contributed by atoms with van der Waals surface area (Å²) in [4.78, 5) is 0. The van der Waals surface area contributed by atoms with Crippen LogP contribution in [-0.4, -0.2) is 13.2 Å². The van der Waals surface area contributed by atoms with Gasteiger partial charge in [-0.2, -0.15) is 0 Å². The molecule has 1 aliphatic rings. The topological polar surface area (TPSA) is 21.3 Å². The molecule has 0 spiro atoms. The Kier molecular flexibility index (Phi) is 4.65. The molecule has 2 nitrogen and oxygen atoms in total.